The average Bonchev–Trinajstić information content (AvgIpc) is 2.77. The van der Waals surface area contributed by atoms with Gasteiger partial charge in [0.1, 0.15) is 19.5 Å². The van der Waals surface area contributed by atoms with Gasteiger partial charge in [0, 0.05) is 32.6 Å². The van der Waals surface area contributed by atoms with E-state index in [4.69, 9.17) is 14.6 Å². The number of nitrogens with one attached hydrogen (secondary N) is 1. The van der Waals surface area contributed by atoms with Crippen LogP contribution in [0.1, 0.15) is 57.8 Å². The molecule has 0 aliphatic rings. The number of rotatable bonds is 17. The van der Waals surface area contributed by atoms with Crippen LogP contribution in [-0.2, 0) is 38.2 Å². The smallest absolute Gasteiger partial charge is 0.330 e. The normalized spacial score (nSPS) is 9.48. The van der Waals surface area contributed by atoms with Crippen molar-refractivity contribution < 1.29 is 43.3 Å². The highest BCUT2D eigenvalue weighted by Crippen LogP contribution is 2.04. The van der Waals surface area contributed by atoms with Gasteiger partial charge < -0.3 is 29.4 Å². The Hall–Kier alpha value is -2.75. The molecule has 2 N–H and O–H groups in total. The largest absolute Gasteiger partial charge is 0.466 e. The maximum absolute atomic E-state index is 11.4. The van der Waals surface area contributed by atoms with E-state index in [0.29, 0.717) is 38.6 Å². The Bertz CT molecular complexity index is 535. The van der Waals surface area contributed by atoms with Crippen molar-refractivity contribution in [2.75, 3.05) is 33.5 Å². The average molecular weight is 446 g/mol. The molecule has 0 atom stereocenters. The minimum Gasteiger partial charge on any atom is -0.466 e. The van der Waals surface area contributed by atoms with Crippen LogP contribution < -0.4 is 5.32 Å². The summed E-state index contributed by atoms with van der Waals surface area (Å²) >= 11 is 0. The zero-order valence-corrected chi connectivity index (χ0v) is 18.3. The molecule has 178 valence electrons. The van der Waals surface area contributed by atoms with Gasteiger partial charge in [-0.15, -0.1) is 0 Å². The number of hydrogen-bond acceptors (Lipinski definition) is 9. The van der Waals surface area contributed by atoms with Crippen LogP contribution in [0.3, 0.4) is 0 Å². The summed E-state index contributed by atoms with van der Waals surface area (Å²) in [6.07, 6.45) is 6.62. The Morgan fingerprint density at radius 1 is 0.839 bits per heavy atom. The van der Waals surface area contributed by atoms with Crippen LogP contribution in [0.2, 0.25) is 0 Å². The third-order valence-electron chi connectivity index (χ3n) is 3.63. The molecule has 0 fully saturated rings. The lowest BCUT2D eigenvalue weighted by molar-refractivity contribution is -0.149. The van der Waals surface area contributed by atoms with Crippen molar-refractivity contribution in [3.63, 3.8) is 0 Å². The fraction of sp³-hybridized carbons (Fsp3) is 0.667. The van der Waals surface area contributed by atoms with Gasteiger partial charge in [0.05, 0.1) is 13.0 Å². The number of carbonyl (C=O) groups is 5. The maximum Gasteiger partial charge on any atom is 0.330 e. The molecule has 0 aromatic carbocycles. The van der Waals surface area contributed by atoms with Crippen molar-refractivity contribution in [1.82, 2.24) is 5.32 Å². The number of hydrogen-bond donors (Lipinski definition) is 2. The molecule has 0 bridgehead atoms. The summed E-state index contributed by atoms with van der Waals surface area (Å²) in [4.78, 5) is 53.1. The molecule has 0 aliphatic carbocycles. The zero-order chi connectivity index (χ0) is 23.7. The van der Waals surface area contributed by atoms with Gasteiger partial charge in [0.25, 0.3) is 0 Å². The molecule has 0 unspecified atom stereocenters. The number of aliphatic hydroxyl groups excluding tert-OH is 1. The van der Waals surface area contributed by atoms with Crippen LogP contribution >= 0.6 is 0 Å². The van der Waals surface area contributed by atoms with Crippen molar-refractivity contribution in [2.45, 2.75) is 57.8 Å². The van der Waals surface area contributed by atoms with Gasteiger partial charge >= 0.3 is 17.9 Å². The minimum absolute atomic E-state index is 0.0187. The van der Waals surface area contributed by atoms with Crippen LogP contribution in [0.25, 0.3) is 0 Å². The lowest BCUT2D eigenvalue weighted by Gasteiger charge is -2.06. The lowest BCUT2D eigenvalue weighted by atomic mass is 10.2. The third kappa shape index (κ3) is 25.2. The fourth-order valence-electron chi connectivity index (χ4n) is 1.97. The summed E-state index contributed by atoms with van der Waals surface area (Å²) < 4.78 is 14.6. The second kappa shape index (κ2) is 23.5. The van der Waals surface area contributed by atoms with Crippen LogP contribution in [0, 0.1) is 0 Å². The van der Waals surface area contributed by atoms with E-state index in [-0.39, 0.29) is 50.5 Å². The van der Waals surface area contributed by atoms with Gasteiger partial charge in [-0.2, -0.15) is 0 Å². The minimum atomic E-state index is -0.547. The molecule has 0 saturated heterocycles. The molecule has 0 radical (unpaired) electrons. The molecule has 10 heteroatoms. The van der Waals surface area contributed by atoms with E-state index in [1.165, 1.54) is 7.05 Å². The molecule has 0 aromatic rings. The maximum atomic E-state index is 11.4. The Morgan fingerprint density at radius 3 is 1.87 bits per heavy atom. The van der Waals surface area contributed by atoms with Crippen LogP contribution in [0.5, 0.6) is 0 Å². The number of ether oxygens (including phenoxy) is 3. The molecule has 1 amide bonds. The molecule has 31 heavy (non-hydrogen) atoms. The summed E-state index contributed by atoms with van der Waals surface area (Å²) in [5.74, 6) is -1.35. The molecular formula is C21H35NO9. The topological polar surface area (TPSA) is 145 Å². The van der Waals surface area contributed by atoms with Crippen LogP contribution in [0.4, 0.5) is 0 Å². The number of amides is 1. The molecule has 0 aromatic heterocycles. The predicted octanol–water partition coefficient (Wildman–Crippen LogP) is 1.24. The van der Waals surface area contributed by atoms with Crippen molar-refractivity contribution in [2.24, 2.45) is 0 Å². The molecule has 0 rings (SSSR count). The van der Waals surface area contributed by atoms with E-state index >= 15 is 0 Å². The van der Waals surface area contributed by atoms with E-state index in [0.717, 1.165) is 25.3 Å². The van der Waals surface area contributed by atoms with Gasteiger partial charge in [-0.05, 0) is 32.1 Å². The number of aldehydes is 1. The van der Waals surface area contributed by atoms with Crippen molar-refractivity contribution >= 4 is 30.1 Å². The number of carbonyl (C=O) groups excluding carboxylic acids is 5. The van der Waals surface area contributed by atoms with Crippen molar-refractivity contribution in [3.05, 3.63) is 12.7 Å². The number of aliphatic hydroxyl groups is 1. The quantitative estimate of drug-likeness (QED) is 0.0843. The number of esters is 3. The third-order valence-corrected chi connectivity index (χ3v) is 3.63. The first-order chi connectivity index (χ1) is 14.9. The molecule has 0 saturated carbocycles. The molecule has 0 heterocycles. The van der Waals surface area contributed by atoms with E-state index in [9.17, 15) is 24.0 Å². The number of unbranched alkanes of at least 4 members (excludes halogenated alkanes) is 4. The van der Waals surface area contributed by atoms with Gasteiger partial charge in [-0.25, -0.2) is 4.79 Å². The van der Waals surface area contributed by atoms with E-state index < -0.39 is 5.97 Å². The van der Waals surface area contributed by atoms with Crippen LogP contribution in [-0.4, -0.2) is 68.7 Å². The first-order valence-electron chi connectivity index (χ1n) is 10.3. The molecule has 0 aliphatic heterocycles. The first-order valence-corrected chi connectivity index (χ1v) is 10.3. The highest BCUT2D eigenvalue weighted by Gasteiger charge is 2.05. The fourth-order valence-corrected chi connectivity index (χ4v) is 1.97. The molecule has 10 nitrogen and oxygen atoms in total. The Kier molecular flexibility index (Phi) is 23.1. The van der Waals surface area contributed by atoms with Gasteiger partial charge in [0.2, 0.25) is 5.91 Å². The molecular weight excluding hydrogens is 410 g/mol. The second-order valence-electron chi connectivity index (χ2n) is 6.20. The monoisotopic (exact) mass is 445 g/mol. The predicted molar refractivity (Wildman–Crippen MR) is 112 cm³/mol. The highest BCUT2D eigenvalue weighted by atomic mass is 16.6. The van der Waals surface area contributed by atoms with Crippen molar-refractivity contribution in [3.8, 4) is 0 Å². The Morgan fingerprint density at radius 2 is 1.39 bits per heavy atom. The van der Waals surface area contributed by atoms with Gasteiger partial charge in [-0.1, -0.05) is 13.0 Å². The van der Waals surface area contributed by atoms with E-state index in [2.05, 4.69) is 16.6 Å². The lowest BCUT2D eigenvalue weighted by Crippen LogP contribution is -2.17. The van der Waals surface area contributed by atoms with Gasteiger partial charge in [0.15, 0.2) is 0 Å². The highest BCUT2D eigenvalue weighted by molar-refractivity contribution is 5.87. The zero-order valence-electron chi connectivity index (χ0n) is 18.3. The van der Waals surface area contributed by atoms with Crippen LogP contribution in [0.15, 0.2) is 12.7 Å². The standard InChI is InChI=1S/C17H28O7.C4H7NO2/c1-2-15(19)23-13-14-24-17(21)10-6-4-8-12-22-16(20)9-5-3-7-11-18;1-5-4(7)2-3-6/h2,18H,1,3-14H2;3H,2H2,1H3,(H,5,7). The first kappa shape index (κ1) is 30.4. The Balaban J connectivity index is 0. The van der Waals surface area contributed by atoms with E-state index in [1.807, 2.05) is 0 Å². The summed E-state index contributed by atoms with van der Waals surface area (Å²) in [6.45, 7) is 3.81. The summed E-state index contributed by atoms with van der Waals surface area (Å²) in [5, 5.41) is 10.9. The second-order valence-corrected chi connectivity index (χ2v) is 6.20. The van der Waals surface area contributed by atoms with Crippen molar-refractivity contribution in [1.29, 1.82) is 0 Å². The summed E-state index contributed by atoms with van der Waals surface area (Å²) in [5.41, 5.74) is 0. The Labute approximate surface area is 183 Å². The SMILES string of the molecule is C=CC(=O)OCCOC(=O)CCCCCOC(=O)CCCCCO.CNC(=O)CC=O. The molecule has 0 spiro atoms. The summed E-state index contributed by atoms with van der Waals surface area (Å²) in [6, 6.07) is 0. The van der Waals surface area contributed by atoms with Gasteiger partial charge in [-0.3, -0.25) is 14.4 Å². The van der Waals surface area contributed by atoms with E-state index in [1.54, 1.807) is 0 Å². The summed E-state index contributed by atoms with van der Waals surface area (Å²) in [7, 11) is 1.49.